The lowest BCUT2D eigenvalue weighted by Crippen LogP contribution is -2.45. The molecule has 0 aliphatic carbocycles. The molecule has 1 heterocycles. The van der Waals surface area contributed by atoms with Crippen molar-refractivity contribution in [2.24, 2.45) is 0 Å². The zero-order valence-electron chi connectivity index (χ0n) is 11.9. The molecule has 0 saturated carbocycles. The van der Waals surface area contributed by atoms with Gasteiger partial charge in [-0.2, -0.15) is 0 Å². The van der Waals surface area contributed by atoms with E-state index in [0.29, 0.717) is 18.1 Å². The molecule has 0 aromatic heterocycles. The van der Waals surface area contributed by atoms with Crippen LogP contribution in [0, 0.1) is 0 Å². The first-order chi connectivity index (χ1) is 9.87. The van der Waals surface area contributed by atoms with Gasteiger partial charge in [-0.25, -0.2) is 8.42 Å². The molecular weight excluding hydrogens is 312 g/mol. The fourth-order valence-electron chi connectivity index (χ4n) is 2.30. The molecule has 1 fully saturated rings. The van der Waals surface area contributed by atoms with Gasteiger partial charge in [-0.1, -0.05) is 29.8 Å². The van der Waals surface area contributed by atoms with Crippen LogP contribution in [0.2, 0.25) is 5.02 Å². The monoisotopic (exact) mass is 330 g/mol. The number of rotatable bonds is 4. The summed E-state index contributed by atoms with van der Waals surface area (Å²) in [5.74, 6) is 0.127. The number of halogens is 1. The maximum absolute atomic E-state index is 12.0. The Morgan fingerprint density at radius 1 is 1.33 bits per heavy atom. The minimum absolute atomic E-state index is 0.123. The second kappa shape index (κ2) is 6.77. The summed E-state index contributed by atoms with van der Waals surface area (Å²) in [6.07, 6.45) is 0. The number of nitrogens with one attached hydrogen (secondary N) is 1. The van der Waals surface area contributed by atoms with Gasteiger partial charge in [0.15, 0.2) is 9.84 Å². The molecule has 1 unspecified atom stereocenters. The number of carbonyl (C=O) groups is 1. The van der Waals surface area contributed by atoms with Gasteiger partial charge in [0, 0.05) is 18.1 Å². The summed E-state index contributed by atoms with van der Waals surface area (Å²) in [6.45, 7) is 2.91. The fourth-order valence-corrected chi connectivity index (χ4v) is 3.88. The van der Waals surface area contributed by atoms with E-state index in [1.807, 2.05) is 30.0 Å². The van der Waals surface area contributed by atoms with Gasteiger partial charge >= 0.3 is 0 Å². The lowest BCUT2D eigenvalue weighted by atomic mass is 10.1. The highest BCUT2D eigenvalue weighted by molar-refractivity contribution is 7.91. The predicted octanol–water partition coefficient (Wildman–Crippen LogP) is 1.25. The lowest BCUT2D eigenvalue weighted by Gasteiger charge is -2.26. The topological polar surface area (TPSA) is 66.5 Å². The second-order valence-electron chi connectivity index (χ2n) is 5.24. The molecule has 1 N–H and O–H groups in total. The molecule has 1 aromatic carbocycles. The highest BCUT2D eigenvalue weighted by Gasteiger charge is 2.23. The van der Waals surface area contributed by atoms with Crippen LogP contribution in [0.25, 0.3) is 0 Å². The Balaban J connectivity index is 1.86. The van der Waals surface area contributed by atoms with Crippen molar-refractivity contribution in [1.29, 1.82) is 0 Å². The van der Waals surface area contributed by atoms with Crippen LogP contribution in [0.1, 0.15) is 18.5 Å². The van der Waals surface area contributed by atoms with E-state index in [1.165, 1.54) is 0 Å². The summed E-state index contributed by atoms with van der Waals surface area (Å²) in [7, 11) is -2.91. The Morgan fingerprint density at radius 2 is 1.95 bits per heavy atom. The molecule has 2 rings (SSSR count). The highest BCUT2D eigenvalue weighted by Crippen LogP contribution is 2.21. The number of sulfone groups is 1. The van der Waals surface area contributed by atoms with E-state index in [0.717, 1.165) is 5.56 Å². The SMILES string of the molecule is CC(NC(=O)CN1CCS(=O)(=O)CC1)c1ccccc1Cl. The first-order valence-corrected chi connectivity index (χ1v) is 9.04. The molecule has 0 radical (unpaired) electrons. The van der Waals surface area contributed by atoms with Crippen molar-refractivity contribution in [3.8, 4) is 0 Å². The molecule has 1 aromatic rings. The smallest absolute Gasteiger partial charge is 0.234 e. The maximum atomic E-state index is 12.0. The summed E-state index contributed by atoms with van der Waals surface area (Å²) >= 11 is 6.10. The molecule has 1 aliphatic heterocycles. The molecule has 0 bridgehead atoms. The number of carbonyl (C=O) groups excluding carboxylic acids is 1. The van der Waals surface area contributed by atoms with Gasteiger partial charge in [0.2, 0.25) is 5.91 Å². The summed E-state index contributed by atoms with van der Waals surface area (Å²) in [4.78, 5) is 13.9. The van der Waals surface area contributed by atoms with Crippen molar-refractivity contribution in [2.45, 2.75) is 13.0 Å². The molecule has 1 atom stereocenters. The van der Waals surface area contributed by atoms with Crippen LogP contribution in [0.3, 0.4) is 0 Å². The number of hydrogen-bond acceptors (Lipinski definition) is 4. The van der Waals surface area contributed by atoms with Crippen LogP contribution in [0.15, 0.2) is 24.3 Å². The van der Waals surface area contributed by atoms with Gasteiger partial charge in [0.05, 0.1) is 24.1 Å². The molecule has 7 heteroatoms. The van der Waals surface area contributed by atoms with Crippen LogP contribution in [0.5, 0.6) is 0 Å². The number of hydrogen-bond donors (Lipinski definition) is 1. The number of amides is 1. The standard InChI is InChI=1S/C14H19ClN2O3S/c1-11(12-4-2-3-5-13(12)15)16-14(18)10-17-6-8-21(19,20)9-7-17/h2-5,11H,6-10H2,1H3,(H,16,18). The minimum atomic E-state index is -2.91. The zero-order valence-corrected chi connectivity index (χ0v) is 13.5. The lowest BCUT2D eigenvalue weighted by molar-refractivity contribution is -0.122. The highest BCUT2D eigenvalue weighted by atomic mass is 35.5. The third kappa shape index (κ3) is 4.69. The molecule has 21 heavy (non-hydrogen) atoms. The van der Waals surface area contributed by atoms with Gasteiger partial charge in [-0.3, -0.25) is 9.69 Å². The molecular formula is C14H19ClN2O3S. The van der Waals surface area contributed by atoms with Crippen molar-refractivity contribution in [1.82, 2.24) is 10.2 Å². The Hall–Kier alpha value is -1.11. The van der Waals surface area contributed by atoms with E-state index >= 15 is 0 Å². The maximum Gasteiger partial charge on any atom is 0.234 e. The average molecular weight is 331 g/mol. The predicted molar refractivity (Wildman–Crippen MR) is 83.1 cm³/mol. The summed E-state index contributed by atoms with van der Waals surface area (Å²) < 4.78 is 22.7. The molecule has 0 spiro atoms. The normalized spacial score (nSPS) is 19.9. The second-order valence-corrected chi connectivity index (χ2v) is 7.95. The Bertz CT molecular complexity index is 604. The molecule has 116 valence electrons. The van der Waals surface area contributed by atoms with Gasteiger partial charge in [0.1, 0.15) is 0 Å². The van der Waals surface area contributed by atoms with Crippen molar-refractivity contribution in [3.63, 3.8) is 0 Å². The van der Waals surface area contributed by atoms with Gasteiger partial charge in [-0.15, -0.1) is 0 Å². The van der Waals surface area contributed by atoms with E-state index in [2.05, 4.69) is 5.32 Å². The minimum Gasteiger partial charge on any atom is -0.348 e. The van der Waals surface area contributed by atoms with Crippen molar-refractivity contribution < 1.29 is 13.2 Å². The van der Waals surface area contributed by atoms with Crippen molar-refractivity contribution >= 4 is 27.3 Å². The first kappa shape index (κ1) is 16.3. The molecule has 1 saturated heterocycles. The Labute approximate surface area is 130 Å². The van der Waals surface area contributed by atoms with E-state index in [4.69, 9.17) is 11.6 Å². The zero-order chi connectivity index (χ0) is 15.5. The van der Waals surface area contributed by atoms with Gasteiger partial charge < -0.3 is 5.32 Å². The Kier molecular flexibility index (Phi) is 5.24. The van der Waals surface area contributed by atoms with Gasteiger partial charge in [0.25, 0.3) is 0 Å². The summed E-state index contributed by atoms with van der Waals surface area (Å²) in [5, 5.41) is 3.51. The van der Waals surface area contributed by atoms with Crippen LogP contribution in [-0.4, -0.2) is 50.4 Å². The summed E-state index contributed by atoms with van der Waals surface area (Å²) in [6, 6.07) is 7.20. The van der Waals surface area contributed by atoms with E-state index in [9.17, 15) is 13.2 Å². The van der Waals surface area contributed by atoms with Crippen LogP contribution < -0.4 is 5.32 Å². The quantitative estimate of drug-likeness (QED) is 0.902. The third-order valence-electron chi connectivity index (χ3n) is 3.55. The number of benzene rings is 1. The largest absolute Gasteiger partial charge is 0.348 e. The van der Waals surface area contributed by atoms with Crippen molar-refractivity contribution in [2.75, 3.05) is 31.1 Å². The van der Waals surface area contributed by atoms with Crippen LogP contribution in [-0.2, 0) is 14.6 Å². The fraction of sp³-hybridized carbons (Fsp3) is 0.500. The van der Waals surface area contributed by atoms with Gasteiger partial charge in [-0.05, 0) is 18.6 Å². The number of nitrogens with zero attached hydrogens (tertiary/aromatic N) is 1. The molecule has 5 nitrogen and oxygen atoms in total. The molecule has 1 amide bonds. The van der Waals surface area contributed by atoms with E-state index in [-0.39, 0.29) is 30.0 Å². The average Bonchev–Trinajstić information content (AvgIpc) is 2.41. The van der Waals surface area contributed by atoms with Crippen molar-refractivity contribution in [3.05, 3.63) is 34.9 Å². The Morgan fingerprint density at radius 3 is 2.57 bits per heavy atom. The third-order valence-corrected chi connectivity index (χ3v) is 5.51. The van der Waals surface area contributed by atoms with Crippen LogP contribution in [0.4, 0.5) is 0 Å². The van der Waals surface area contributed by atoms with E-state index in [1.54, 1.807) is 6.07 Å². The van der Waals surface area contributed by atoms with Crippen LogP contribution >= 0.6 is 11.6 Å². The summed E-state index contributed by atoms with van der Waals surface area (Å²) in [5.41, 5.74) is 0.869. The first-order valence-electron chi connectivity index (χ1n) is 6.84. The van der Waals surface area contributed by atoms with E-state index < -0.39 is 9.84 Å². The molecule has 1 aliphatic rings.